The summed E-state index contributed by atoms with van der Waals surface area (Å²) in [6.07, 6.45) is 0.350. The predicted molar refractivity (Wildman–Crippen MR) is 110 cm³/mol. The van der Waals surface area contributed by atoms with Crippen molar-refractivity contribution in [2.24, 2.45) is 5.92 Å². The highest BCUT2D eigenvalue weighted by Crippen LogP contribution is 2.59. The summed E-state index contributed by atoms with van der Waals surface area (Å²) in [6.45, 7) is 3.49. The lowest BCUT2D eigenvalue weighted by molar-refractivity contribution is -0.137. The average Bonchev–Trinajstić information content (AvgIpc) is 3.21. The van der Waals surface area contributed by atoms with Crippen molar-refractivity contribution in [3.05, 3.63) is 62.8 Å². The van der Waals surface area contributed by atoms with E-state index in [9.17, 15) is 18.0 Å². The van der Waals surface area contributed by atoms with Gasteiger partial charge in [-0.3, -0.25) is 4.98 Å². The first-order valence-electron chi connectivity index (χ1n) is 9.48. The molecule has 0 radical (unpaired) electrons. The van der Waals surface area contributed by atoms with Gasteiger partial charge < -0.3 is 9.47 Å². The van der Waals surface area contributed by atoms with Gasteiger partial charge in [0.2, 0.25) is 0 Å². The first-order valence-corrected chi connectivity index (χ1v) is 9.89. The predicted octanol–water partition coefficient (Wildman–Crippen LogP) is 4.40. The van der Waals surface area contributed by atoms with Crippen LogP contribution in [0.3, 0.4) is 0 Å². The Morgan fingerprint density at radius 3 is 2.48 bits per heavy atom. The number of hydrogen-bond donors (Lipinski definition) is 1. The van der Waals surface area contributed by atoms with Gasteiger partial charge in [-0.25, -0.2) is 4.79 Å². The number of unbranched alkanes of at least 4 members (excludes halogenated alkanes) is 1. The van der Waals surface area contributed by atoms with Crippen molar-refractivity contribution >= 4 is 24.6 Å². The number of piperidine rings is 1. The molecule has 4 rings (SSSR count). The van der Waals surface area contributed by atoms with Crippen LogP contribution in [0.15, 0.2) is 41.3 Å². The van der Waals surface area contributed by atoms with E-state index in [1.165, 1.54) is 12.1 Å². The second kappa shape index (κ2) is 8.24. The number of nitrogens with zero attached hydrogens (tertiary/aromatic N) is 2. The smallest absolute Gasteiger partial charge is 0.302 e. The molecule has 2 fully saturated rings. The molecule has 1 aliphatic heterocycles. The van der Waals surface area contributed by atoms with Crippen molar-refractivity contribution < 1.29 is 13.2 Å². The third-order valence-corrected chi connectivity index (χ3v) is 6.26. The lowest BCUT2D eigenvalue weighted by atomic mass is 9.94. The van der Waals surface area contributed by atoms with Gasteiger partial charge in [0.25, 0.3) is 0 Å². The molecule has 2 heterocycles. The zero-order chi connectivity index (χ0) is 19.9. The fourth-order valence-corrected chi connectivity index (χ4v) is 4.58. The highest BCUT2D eigenvalue weighted by molar-refractivity contribution is 7.71. The number of aromatic nitrogens is 2. The van der Waals surface area contributed by atoms with E-state index in [4.69, 9.17) is 12.2 Å². The van der Waals surface area contributed by atoms with E-state index >= 15 is 0 Å². The molecule has 1 aromatic carbocycles. The number of benzene rings is 1. The molecule has 1 aromatic heterocycles. The van der Waals surface area contributed by atoms with E-state index in [2.05, 4.69) is 9.88 Å². The van der Waals surface area contributed by atoms with Crippen LogP contribution in [0.1, 0.15) is 30.4 Å². The standard InChI is InChI=1S/C20H22F3N3OS.ClH/c21-20(22,23)15-5-3-14(4-6-15)19-11-16(19)12-25(13-19)8-1-2-9-26-10-7-17(28)24-18(26)27;/h3-7,10,16H,1-2,8-9,11-13H2,(H,24,27,28);1H/t16-,19+;/m0./s1. The number of aryl methyl sites for hydroxylation is 1. The third-order valence-electron chi connectivity index (χ3n) is 6.02. The molecule has 158 valence electrons. The van der Waals surface area contributed by atoms with Gasteiger partial charge in [0, 0.05) is 31.2 Å². The minimum atomic E-state index is -4.29. The third kappa shape index (κ3) is 4.59. The summed E-state index contributed by atoms with van der Waals surface area (Å²) in [5.74, 6) is 0.543. The number of likely N-dealkylation sites (tertiary alicyclic amines) is 1. The zero-order valence-corrected chi connectivity index (χ0v) is 17.4. The monoisotopic (exact) mass is 445 g/mol. The van der Waals surface area contributed by atoms with E-state index in [1.807, 2.05) is 0 Å². The molecule has 9 heteroatoms. The van der Waals surface area contributed by atoms with Crippen LogP contribution >= 0.6 is 24.6 Å². The van der Waals surface area contributed by atoms with Crippen LogP contribution in [0.2, 0.25) is 0 Å². The van der Waals surface area contributed by atoms with E-state index in [0.717, 1.165) is 44.5 Å². The van der Waals surface area contributed by atoms with Crippen LogP contribution in [0.25, 0.3) is 0 Å². The average molecular weight is 446 g/mol. The van der Waals surface area contributed by atoms with Crippen LogP contribution in [0.4, 0.5) is 13.2 Å². The molecule has 2 aromatic rings. The van der Waals surface area contributed by atoms with E-state index < -0.39 is 11.7 Å². The summed E-state index contributed by atoms with van der Waals surface area (Å²) in [6, 6.07) is 7.41. The van der Waals surface area contributed by atoms with E-state index in [1.54, 1.807) is 29.0 Å². The lowest BCUT2D eigenvalue weighted by Gasteiger charge is -2.21. The van der Waals surface area contributed by atoms with Gasteiger partial charge in [-0.05, 0) is 55.5 Å². The van der Waals surface area contributed by atoms with Crippen LogP contribution < -0.4 is 5.69 Å². The molecule has 0 amide bonds. The number of halogens is 4. The Bertz CT molecular complexity index is 972. The molecule has 4 nitrogen and oxygen atoms in total. The zero-order valence-electron chi connectivity index (χ0n) is 15.7. The molecule has 1 N–H and O–H groups in total. The quantitative estimate of drug-likeness (QED) is 0.529. The number of rotatable bonds is 6. The second-order valence-corrected chi connectivity index (χ2v) is 8.32. The number of hydrogen-bond acceptors (Lipinski definition) is 3. The van der Waals surface area contributed by atoms with Crippen molar-refractivity contribution in [1.29, 1.82) is 0 Å². The normalized spacial score (nSPS) is 23.5. The van der Waals surface area contributed by atoms with Gasteiger partial charge >= 0.3 is 11.9 Å². The van der Waals surface area contributed by atoms with Crippen molar-refractivity contribution in [1.82, 2.24) is 14.5 Å². The summed E-state index contributed by atoms with van der Waals surface area (Å²) in [5.41, 5.74) is 0.293. The fraction of sp³-hybridized carbons (Fsp3) is 0.500. The Labute approximate surface area is 178 Å². The molecule has 1 aliphatic carbocycles. The van der Waals surface area contributed by atoms with Crippen LogP contribution in [-0.4, -0.2) is 34.1 Å². The van der Waals surface area contributed by atoms with E-state index in [0.29, 0.717) is 17.1 Å². The Hall–Kier alpha value is -1.64. The van der Waals surface area contributed by atoms with Gasteiger partial charge in [-0.15, -0.1) is 12.4 Å². The minimum Gasteiger partial charge on any atom is -0.302 e. The van der Waals surface area contributed by atoms with Crippen molar-refractivity contribution in [2.75, 3.05) is 19.6 Å². The number of fused-ring (bicyclic) bond motifs is 1. The van der Waals surface area contributed by atoms with Gasteiger partial charge in [0.05, 0.1) is 5.56 Å². The second-order valence-electron chi connectivity index (χ2n) is 7.88. The van der Waals surface area contributed by atoms with Crippen molar-refractivity contribution in [3.63, 3.8) is 0 Å². The Balaban J connectivity index is 0.00000240. The van der Waals surface area contributed by atoms with Gasteiger partial charge in [0.1, 0.15) is 4.64 Å². The summed E-state index contributed by atoms with van der Waals surface area (Å²) >= 11 is 4.93. The molecule has 0 bridgehead atoms. The molecular weight excluding hydrogens is 423 g/mol. The van der Waals surface area contributed by atoms with Crippen molar-refractivity contribution in [2.45, 2.75) is 37.4 Å². The first kappa shape index (κ1) is 22.1. The largest absolute Gasteiger partial charge is 0.416 e. The maximum absolute atomic E-state index is 12.8. The summed E-state index contributed by atoms with van der Waals surface area (Å²) in [5, 5.41) is 0. The molecule has 1 saturated heterocycles. The number of nitrogens with one attached hydrogen (secondary N) is 1. The Kier molecular flexibility index (Phi) is 6.27. The van der Waals surface area contributed by atoms with Crippen LogP contribution in [0.5, 0.6) is 0 Å². The highest BCUT2D eigenvalue weighted by Gasteiger charge is 2.60. The maximum Gasteiger partial charge on any atom is 0.416 e. The highest BCUT2D eigenvalue weighted by atomic mass is 35.5. The molecule has 1 saturated carbocycles. The number of alkyl halides is 3. The van der Waals surface area contributed by atoms with Crippen LogP contribution in [0, 0.1) is 10.6 Å². The number of H-pyrrole nitrogens is 1. The van der Waals surface area contributed by atoms with E-state index in [-0.39, 0.29) is 23.5 Å². The Morgan fingerprint density at radius 1 is 1.14 bits per heavy atom. The van der Waals surface area contributed by atoms with Gasteiger partial charge in [0.15, 0.2) is 0 Å². The minimum absolute atomic E-state index is 0. The number of aromatic amines is 1. The van der Waals surface area contributed by atoms with Crippen LogP contribution in [-0.2, 0) is 18.1 Å². The lowest BCUT2D eigenvalue weighted by Crippen LogP contribution is -2.28. The summed E-state index contributed by atoms with van der Waals surface area (Å²) < 4.78 is 40.4. The molecular formula is C20H23ClF3N3OS. The molecule has 0 unspecified atom stereocenters. The first-order chi connectivity index (χ1) is 13.3. The fourth-order valence-electron chi connectivity index (χ4n) is 4.43. The SMILES string of the molecule is Cl.O=c1[nH]c(=S)ccn1CCCCN1C[C@@H]2C[C@]2(c2ccc(C(F)(F)F)cc2)C1. The Morgan fingerprint density at radius 2 is 1.83 bits per heavy atom. The molecule has 2 atom stereocenters. The summed E-state index contributed by atoms with van der Waals surface area (Å²) in [7, 11) is 0. The molecule has 0 spiro atoms. The topological polar surface area (TPSA) is 41.0 Å². The maximum atomic E-state index is 12.8. The van der Waals surface area contributed by atoms with Gasteiger partial charge in [-0.2, -0.15) is 13.2 Å². The molecule has 29 heavy (non-hydrogen) atoms. The molecule has 2 aliphatic rings. The van der Waals surface area contributed by atoms with Gasteiger partial charge in [-0.1, -0.05) is 24.4 Å². The van der Waals surface area contributed by atoms with Crippen molar-refractivity contribution in [3.8, 4) is 0 Å². The summed E-state index contributed by atoms with van der Waals surface area (Å²) in [4.78, 5) is 16.8.